The Morgan fingerprint density at radius 1 is 0.632 bits per heavy atom. The first-order chi connectivity index (χ1) is 26.9. The molecule has 0 aromatic heterocycles. The molecule has 0 bridgehead atoms. The molecule has 57 heavy (non-hydrogen) atoms. The summed E-state index contributed by atoms with van der Waals surface area (Å²) in [5.74, 6) is 0.688. The maximum Gasteiger partial charge on any atom is 0.331 e. The van der Waals surface area contributed by atoms with E-state index in [1.165, 1.54) is 13.8 Å². The Bertz CT molecular complexity index is 1510. The Labute approximate surface area is 333 Å². The zero-order valence-corrected chi connectivity index (χ0v) is 33.5. The second kappa shape index (κ2) is 15.5. The third-order valence-corrected chi connectivity index (χ3v) is 16.2. The Morgan fingerprint density at radius 2 is 1.21 bits per heavy atom. The van der Waals surface area contributed by atoms with Crippen LogP contribution in [-0.2, 0) is 38.0 Å². The van der Waals surface area contributed by atoms with Gasteiger partial charge in [0.05, 0.1) is 30.0 Å². The molecule has 324 valence electrons. The van der Waals surface area contributed by atoms with Crippen LogP contribution in [0.2, 0.25) is 0 Å². The van der Waals surface area contributed by atoms with Crippen molar-refractivity contribution < 1.29 is 78.8 Å². The number of ether oxygens (including phenoxy) is 7. The predicted octanol–water partition coefficient (Wildman–Crippen LogP) is 0.160. The zero-order valence-electron chi connectivity index (χ0n) is 33.5. The van der Waals surface area contributed by atoms with E-state index in [2.05, 4.69) is 13.8 Å². The summed E-state index contributed by atoms with van der Waals surface area (Å²) in [5.41, 5.74) is -0.106. The molecule has 16 nitrogen and oxygen atoms in total. The van der Waals surface area contributed by atoms with E-state index < -0.39 is 97.7 Å². The van der Waals surface area contributed by atoms with Crippen molar-refractivity contribution >= 4 is 5.97 Å². The van der Waals surface area contributed by atoms with Gasteiger partial charge in [0.2, 0.25) is 0 Å². The molecule has 8 N–H and O–H groups in total. The van der Waals surface area contributed by atoms with Crippen molar-refractivity contribution in [1.82, 2.24) is 0 Å². The standard InChI is InChI=1S/C41H64O16/c1-17-27(43)30(46)31(47)36(52-17)56-35-29(45)19(3)54-38(33(35)49)57-34-28(44)18(2)53-37(32(34)48)55-22-8-11-39(4)21(15-22)6-7-25-24(39)9-12-40(5)23(10-13-41(25,40)50)20-14-26(42)51-16-20/h14,17-19,21-25,27-38,43-50H,6-13,15-16H2,1-5H3/t17-,18?,19?,21+,22-,23+,24?,25?,27+,28-,29-,30?,31?,32-,33-,34-,35-,36?,37?,38?,39?,40?,41-/m0/s1. The molecule has 3 saturated heterocycles. The van der Waals surface area contributed by atoms with Crippen molar-refractivity contribution in [1.29, 1.82) is 0 Å². The monoisotopic (exact) mass is 812 g/mol. The van der Waals surface area contributed by atoms with Crippen molar-refractivity contribution in [2.45, 2.75) is 196 Å². The lowest BCUT2D eigenvalue weighted by Crippen LogP contribution is -2.65. The van der Waals surface area contributed by atoms with Crippen LogP contribution in [-0.4, -0.2) is 157 Å². The Balaban J connectivity index is 0.909. The van der Waals surface area contributed by atoms with E-state index in [9.17, 15) is 45.6 Å². The highest BCUT2D eigenvalue weighted by atomic mass is 16.7. The minimum absolute atomic E-state index is 0.00618. The fraction of sp³-hybridized carbons (Fsp3) is 0.927. The maximum atomic E-state index is 12.6. The summed E-state index contributed by atoms with van der Waals surface area (Å²) in [4.78, 5) is 12.0. The highest BCUT2D eigenvalue weighted by molar-refractivity contribution is 5.85. The number of carbonyl (C=O) groups excluding carboxylic acids is 1. The molecule has 0 amide bonds. The molecule has 0 radical (unpaired) electrons. The maximum absolute atomic E-state index is 12.6. The normalized spacial score (nSPS) is 56.6. The number of cyclic esters (lactones) is 1. The quantitative estimate of drug-likeness (QED) is 0.126. The van der Waals surface area contributed by atoms with E-state index in [1.54, 1.807) is 13.0 Å². The molecule has 11 unspecified atom stereocenters. The van der Waals surface area contributed by atoms with E-state index in [0.29, 0.717) is 24.9 Å². The first-order valence-electron chi connectivity index (χ1n) is 21.2. The first-order valence-corrected chi connectivity index (χ1v) is 21.2. The molecule has 4 aliphatic heterocycles. The molecule has 0 aromatic rings. The molecule has 23 atom stereocenters. The number of aliphatic hydroxyl groups is 8. The average molecular weight is 813 g/mol. The van der Waals surface area contributed by atoms with Gasteiger partial charge in [-0.3, -0.25) is 0 Å². The molecule has 4 heterocycles. The smallest absolute Gasteiger partial charge is 0.331 e. The molecule has 4 saturated carbocycles. The molecule has 4 aliphatic carbocycles. The van der Waals surface area contributed by atoms with Crippen LogP contribution in [0, 0.1) is 34.5 Å². The number of fused-ring (bicyclic) bond motifs is 5. The largest absolute Gasteiger partial charge is 0.458 e. The number of carbonyl (C=O) groups is 1. The van der Waals surface area contributed by atoms with Gasteiger partial charge in [0.1, 0.15) is 61.5 Å². The van der Waals surface area contributed by atoms with Crippen LogP contribution >= 0.6 is 0 Å². The van der Waals surface area contributed by atoms with E-state index in [4.69, 9.17) is 33.2 Å². The fourth-order valence-electron chi connectivity index (χ4n) is 12.7. The summed E-state index contributed by atoms with van der Waals surface area (Å²) in [6.45, 7) is 9.55. The summed E-state index contributed by atoms with van der Waals surface area (Å²) in [6.07, 6.45) is -11.3. The van der Waals surface area contributed by atoms with Crippen LogP contribution in [0.5, 0.6) is 0 Å². The van der Waals surface area contributed by atoms with Gasteiger partial charge < -0.3 is 74.0 Å². The molecule has 8 aliphatic rings. The van der Waals surface area contributed by atoms with E-state index in [0.717, 1.165) is 56.9 Å². The van der Waals surface area contributed by atoms with Gasteiger partial charge in [-0.2, -0.15) is 0 Å². The molecule has 7 fully saturated rings. The molecule has 16 heteroatoms. The van der Waals surface area contributed by atoms with Crippen LogP contribution in [0.15, 0.2) is 11.6 Å². The number of rotatable bonds is 7. The van der Waals surface area contributed by atoms with Crippen LogP contribution in [0.4, 0.5) is 0 Å². The predicted molar refractivity (Wildman–Crippen MR) is 195 cm³/mol. The van der Waals surface area contributed by atoms with Gasteiger partial charge in [0.15, 0.2) is 18.9 Å². The Morgan fingerprint density at radius 3 is 1.81 bits per heavy atom. The average Bonchev–Trinajstić information content (AvgIpc) is 3.72. The summed E-state index contributed by atoms with van der Waals surface area (Å²) < 4.78 is 41.0. The van der Waals surface area contributed by atoms with Gasteiger partial charge in [0.25, 0.3) is 0 Å². The topological polar surface area (TPSA) is 244 Å². The van der Waals surface area contributed by atoms with Crippen LogP contribution in [0.3, 0.4) is 0 Å². The first kappa shape index (κ1) is 42.3. The SMILES string of the molecule is CC1OC(O[C@@H]2[C@H](O)C(O[C@H]3CCC4(C)C5CCC6(C)[C@@H](C7=CC(=O)OC7)CC[C@]6(O)C5CC[C@@H]4C3)OC(C)[C@@H]2O)[C@@H](O)[C@@H](OC2O[C@@H](C)[C@@H](O)C(O)C2O)[C@H]1O. The second-order valence-corrected chi connectivity index (χ2v) is 19.1. The van der Waals surface area contributed by atoms with Gasteiger partial charge >= 0.3 is 5.97 Å². The van der Waals surface area contributed by atoms with Crippen molar-refractivity contribution in [2.75, 3.05) is 6.61 Å². The van der Waals surface area contributed by atoms with Crippen molar-refractivity contribution in [3.05, 3.63) is 11.6 Å². The highest BCUT2D eigenvalue weighted by Gasteiger charge is 2.68. The van der Waals surface area contributed by atoms with Crippen molar-refractivity contribution in [3.8, 4) is 0 Å². The van der Waals surface area contributed by atoms with Crippen molar-refractivity contribution in [2.24, 2.45) is 34.5 Å². The highest BCUT2D eigenvalue weighted by Crippen LogP contribution is 2.70. The van der Waals surface area contributed by atoms with Gasteiger partial charge in [-0.15, -0.1) is 0 Å². The second-order valence-electron chi connectivity index (χ2n) is 19.1. The van der Waals surface area contributed by atoms with Crippen LogP contribution in [0.1, 0.15) is 92.4 Å². The number of hydrogen-bond donors (Lipinski definition) is 8. The zero-order chi connectivity index (χ0) is 40.9. The van der Waals surface area contributed by atoms with Gasteiger partial charge in [-0.1, -0.05) is 13.8 Å². The summed E-state index contributed by atoms with van der Waals surface area (Å²) in [7, 11) is 0. The Kier molecular flexibility index (Phi) is 11.5. The van der Waals surface area contributed by atoms with Crippen LogP contribution < -0.4 is 0 Å². The van der Waals surface area contributed by atoms with E-state index >= 15 is 0 Å². The Hall–Kier alpha value is -1.35. The summed E-state index contributed by atoms with van der Waals surface area (Å²) >= 11 is 0. The number of hydrogen-bond acceptors (Lipinski definition) is 16. The molecular weight excluding hydrogens is 748 g/mol. The fourth-order valence-corrected chi connectivity index (χ4v) is 12.7. The lowest BCUT2D eigenvalue weighted by atomic mass is 9.43. The minimum Gasteiger partial charge on any atom is -0.458 e. The third kappa shape index (κ3) is 6.95. The minimum atomic E-state index is -1.70. The van der Waals surface area contributed by atoms with Gasteiger partial charge in [-0.05, 0) is 113 Å². The van der Waals surface area contributed by atoms with Gasteiger partial charge in [0, 0.05) is 11.5 Å². The molecule has 8 rings (SSSR count). The van der Waals surface area contributed by atoms with Crippen molar-refractivity contribution in [3.63, 3.8) is 0 Å². The number of esters is 1. The molecule has 0 spiro atoms. The lowest BCUT2D eigenvalue weighted by Gasteiger charge is -2.64. The lowest BCUT2D eigenvalue weighted by molar-refractivity contribution is -0.377. The summed E-state index contributed by atoms with van der Waals surface area (Å²) in [5, 5.41) is 88.5. The molecular formula is C41H64O16. The van der Waals surface area contributed by atoms with Gasteiger partial charge in [-0.25, -0.2) is 4.79 Å². The number of aliphatic hydroxyl groups excluding tert-OH is 7. The van der Waals surface area contributed by atoms with E-state index in [-0.39, 0.29) is 34.7 Å². The van der Waals surface area contributed by atoms with E-state index in [1.807, 2.05) is 0 Å². The summed E-state index contributed by atoms with van der Waals surface area (Å²) in [6, 6.07) is 0. The third-order valence-electron chi connectivity index (χ3n) is 16.2. The molecule has 0 aromatic carbocycles. The van der Waals surface area contributed by atoms with Crippen LogP contribution in [0.25, 0.3) is 0 Å².